The molecule has 0 radical (unpaired) electrons. The third-order valence-electron chi connectivity index (χ3n) is 2.06. The zero-order valence-corrected chi connectivity index (χ0v) is 11.0. The molecule has 0 unspecified atom stereocenters. The number of rotatable bonds is 6. The van der Waals surface area contributed by atoms with Crippen molar-refractivity contribution in [3.8, 4) is 11.5 Å². The second-order valence-corrected chi connectivity index (χ2v) is 4.20. The molecule has 0 aliphatic carbocycles. The predicted octanol–water partition coefficient (Wildman–Crippen LogP) is 3.21. The highest BCUT2D eigenvalue weighted by Crippen LogP contribution is 2.34. The smallest absolute Gasteiger partial charge is 0.175 e. The van der Waals surface area contributed by atoms with E-state index in [0.29, 0.717) is 17.9 Å². The van der Waals surface area contributed by atoms with Crippen molar-refractivity contribution in [1.82, 2.24) is 0 Å². The Kier molecular flexibility index (Phi) is 5.32. The molecule has 0 atom stereocenters. The summed E-state index contributed by atoms with van der Waals surface area (Å²) in [4.78, 5) is 11.3. The van der Waals surface area contributed by atoms with Crippen molar-refractivity contribution in [3.63, 3.8) is 0 Å². The molecule has 0 spiro atoms. The maximum Gasteiger partial charge on any atom is 0.175 e. The second kappa shape index (κ2) is 6.53. The first kappa shape index (κ1) is 13.0. The maximum absolute atomic E-state index is 11.3. The highest BCUT2D eigenvalue weighted by atomic mass is 79.9. The highest BCUT2D eigenvalue weighted by molar-refractivity contribution is 9.10. The van der Waals surface area contributed by atoms with E-state index >= 15 is 0 Å². The number of ketones is 1. The van der Waals surface area contributed by atoms with Gasteiger partial charge in [-0.15, -0.1) is 0 Å². The first-order chi connectivity index (χ1) is 7.69. The van der Waals surface area contributed by atoms with Gasteiger partial charge in [0.25, 0.3) is 0 Å². The first-order valence-corrected chi connectivity index (χ1v) is 5.95. The van der Waals surface area contributed by atoms with Crippen LogP contribution in [0.3, 0.4) is 0 Å². The molecule has 16 heavy (non-hydrogen) atoms. The van der Waals surface area contributed by atoms with Crippen LogP contribution in [0.15, 0.2) is 22.7 Å². The van der Waals surface area contributed by atoms with E-state index in [1.54, 1.807) is 13.2 Å². The summed E-state index contributed by atoms with van der Waals surface area (Å²) in [7, 11) is 1.57. The Bertz CT molecular complexity index is 363. The van der Waals surface area contributed by atoms with Gasteiger partial charge in [-0.1, -0.05) is 13.0 Å². The van der Waals surface area contributed by atoms with Gasteiger partial charge in [-0.05, 0) is 34.5 Å². The fourth-order valence-electron chi connectivity index (χ4n) is 1.29. The van der Waals surface area contributed by atoms with E-state index in [1.807, 2.05) is 19.1 Å². The summed E-state index contributed by atoms with van der Waals surface area (Å²) in [5, 5.41) is 0. The lowest BCUT2D eigenvalue weighted by Gasteiger charge is -2.11. The number of carbonyl (C=O) groups is 1. The summed E-state index contributed by atoms with van der Waals surface area (Å²) in [5.41, 5.74) is 0. The average Bonchev–Trinajstić information content (AvgIpc) is 2.27. The van der Waals surface area contributed by atoms with Crippen molar-refractivity contribution in [1.29, 1.82) is 0 Å². The predicted molar refractivity (Wildman–Crippen MR) is 66.1 cm³/mol. The van der Waals surface area contributed by atoms with Gasteiger partial charge in [-0.25, -0.2) is 0 Å². The van der Waals surface area contributed by atoms with E-state index in [-0.39, 0.29) is 12.4 Å². The van der Waals surface area contributed by atoms with Crippen LogP contribution in [-0.2, 0) is 4.79 Å². The van der Waals surface area contributed by atoms with Crippen molar-refractivity contribution in [2.75, 3.05) is 13.7 Å². The molecule has 3 nitrogen and oxygen atoms in total. The summed E-state index contributed by atoms with van der Waals surface area (Å²) in [6.07, 6.45) is 1.39. The fraction of sp³-hybridized carbons (Fsp3) is 0.417. The Balaban J connectivity index is 2.69. The molecule has 0 heterocycles. The summed E-state index contributed by atoms with van der Waals surface area (Å²) in [6.45, 7) is 2.06. The molecule has 0 bridgehead atoms. The van der Waals surface area contributed by atoms with E-state index in [0.717, 1.165) is 10.9 Å². The Morgan fingerprint density at radius 2 is 2.19 bits per heavy atom. The van der Waals surface area contributed by atoms with E-state index in [4.69, 9.17) is 9.47 Å². The number of halogens is 1. The molecule has 4 heteroatoms. The molecule has 0 amide bonds. The summed E-state index contributed by atoms with van der Waals surface area (Å²) in [6, 6.07) is 5.50. The van der Waals surface area contributed by atoms with Gasteiger partial charge in [0, 0.05) is 6.42 Å². The minimum Gasteiger partial charge on any atom is -0.493 e. The molecule has 0 aliphatic heterocycles. The van der Waals surface area contributed by atoms with Crippen molar-refractivity contribution in [3.05, 3.63) is 22.7 Å². The summed E-state index contributed by atoms with van der Waals surface area (Å²) in [5.74, 6) is 1.30. The van der Waals surface area contributed by atoms with Crippen molar-refractivity contribution in [2.45, 2.75) is 19.8 Å². The number of hydrogen-bond acceptors (Lipinski definition) is 3. The normalized spacial score (nSPS) is 9.94. The lowest BCUT2D eigenvalue weighted by molar-refractivity contribution is -0.121. The Labute approximate surface area is 104 Å². The number of Topliss-reactive ketones (excluding diaryl/α,β-unsaturated/α-hetero) is 1. The molecule has 1 aromatic carbocycles. The molecule has 0 saturated carbocycles. The number of para-hydroxylation sites is 1. The molecular weight excluding hydrogens is 272 g/mol. The molecule has 1 rings (SSSR count). The zero-order valence-electron chi connectivity index (χ0n) is 9.46. The van der Waals surface area contributed by atoms with Crippen molar-refractivity contribution < 1.29 is 14.3 Å². The molecule has 0 aromatic heterocycles. The molecule has 1 aromatic rings. The lowest BCUT2D eigenvalue weighted by atomic mass is 10.2. The van der Waals surface area contributed by atoms with E-state index in [2.05, 4.69) is 15.9 Å². The SMILES string of the molecule is CCCC(=O)COc1c(Br)cccc1OC. The lowest BCUT2D eigenvalue weighted by Crippen LogP contribution is -2.11. The van der Waals surface area contributed by atoms with Crippen molar-refractivity contribution in [2.24, 2.45) is 0 Å². The van der Waals surface area contributed by atoms with Gasteiger partial charge in [0.05, 0.1) is 11.6 Å². The topological polar surface area (TPSA) is 35.5 Å². The van der Waals surface area contributed by atoms with Crippen LogP contribution < -0.4 is 9.47 Å². The molecule has 88 valence electrons. The molecule has 0 saturated heterocycles. The minimum absolute atomic E-state index is 0.0901. The van der Waals surface area contributed by atoms with Gasteiger partial charge >= 0.3 is 0 Å². The van der Waals surface area contributed by atoms with Crippen LogP contribution >= 0.6 is 15.9 Å². The van der Waals surface area contributed by atoms with Crippen LogP contribution in [0.25, 0.3) is 0 Å². The van der Waals surface area contributed by atoms with Gasteiger partial charge in [0.2, 0.25) is 0 Å². The van der Waals surface area contributed by atoms with E-state index in [1.165, 1.54) is 0 Å². The molecular formula is C12H15BrO3. The number of ether oxygens (including phenoxy) is 2. The van der Waals surface area contributed by atoms with Crippen molar-refractivity contribution >= 4 is 21.7 Å². The maximum atomic E-state index is 11.3. The quantitative estimate of drug-likeness (QED) is 0.806. The van der Waals surface area contributed by atoms with Crippen LogP contribution in [0.4, 0.5) is 0 Å². The Hall–Kier alpha value is -1.03. The van der Waals surface area contributed by atoms with Gasteiger partial charge in [-0.2, -0.15) is 0 Å². The molecule has 0 aliphatic rings. The van der Waals surface area contributed by atoms with Crippen LogP contribution in [-0.4, -0.2) is 19.5 Å². The summed E-state index contributed by atoms with van der Waals surface area (Å²) < 4.78 is 11.4. The van der Waals surface area contributed by atoms with Crippen LogP contribution in [0.2, 0.25) is 0 Å². The number of methoxy groups -OCH3 is 1. The number of hydrogen-bond donors (Lipinski definition) is 0. The number of benzene rings is 1. The summed E-state index contributed by atoms with van der Waals surface area (Å²) >= 11 is 3.36. The van der Waals surface area contributed by atoms with Gasteiger partial charge < -0.3 is 9.47 Å². The second-order valence-electron chi connectivity index (χ2n) is 3.35. The third kappa shape index (κ3) is 3.52. The van der Waals surface area contributed by atoms with E-state index < -0.39 is 0 Å². The van der Waals surface area contributed by atoms with Crippen LogP contribution in [0.1, 0.15) is 19.8 Å². The molecule has 0 fully saturated rings. The van der Waals surface area contributed by atoms with Crippen LogP contribution in [0.5, 0.6) is 11.5 Å². The third-order valence-corrected chi connectivity index (χ3v) is 2.68. The monoisotopic (exact) mass is 286 g/mol. The van der Waals surface area contributed by atoms with Gasteiger partial charge in [-0.3, -0.25) is 4.79 Å². The fourth-order valence-corrected chi connectivity index (χ4v) is 1.76. The number of carbonyl (C=O) groups excluding carboxylic acids is 1. The van der Waals surface area contributed by atoms with E-state index in [9.17, 15) is 4.79 Å². The average molecular weight is 287 g/mol. The first-order valence-electron chi connectivity index (χ1n) is 5.16. The highest BCUT2D eigenvalue weighted by Gasteiger charge is 2.10. The van der Waals surface area contributed by atoms with Gasteiger partial charge in [0.1, 0.15) is 6.61 Å². The minimum atomic E-state index is 0.0901. The largest absolute Gasteiger partial charge is 0.493 e. The standard InChI is InChI=1S/C12H15BrO3/c1-3-5-9(14)8-16-12-10(13)6-4-7-11(12)15-2/h4,6-7H,3,5,8H2,1-2H3. The molecule has 0 N–H and O–H groups in total. The van der Waals surface area contributed by atoms with Crippen LogP contribution in [0, 0.1) is 0 Å². The zero-order chi connectivity index (χ0) is 12.0. The van der Waals surface area contributed by atoms with Gasteiger partial charge in [0.15, 0.2) is 17.3 Å². The Morgan fingerprint density at radius 3 is 2.81 bits per heavy atom. The Morgan fingerprint density at radius 1 is 1.44 bits per heavy atom.